The number of aromatic nitrogens is 2. The van der Waals surface area contributed by atoms with Crippen LogP contribution in [0.1, 0.15) is 0 Å². The highest BCUT2D eigenvalue weighted by Crippen LogP contribution is 2.18. The van der Waals surface area contributed by atoms with Crippen molar-refractivity contribution in [1.29, 1.82) is 0 Å². The summed E-state index contributed by atoms with van der Waals surface area (Å²) in [5.74, 6) is -0.951. The predicted octanol–water partition coefficient (Wildman–Crippen LogP) is 4.24. The Kier molecular flexibility index (Phi) is 3.91. The summed E-state index contributed by atoms with van der Waals surface area (Å²) in [5.41, 5.74) is 1.26. The first kappa shape index (κ1) is 13.9. The molecule has 0 saturated heterocycles. The maximum atomic E-state index is 13.2. The van der Waals surface area contributed by atoms with Crippen LogP contribution in [0.3, 0.4) is 0 Å². The van der Waals surface area contributed by atoms with E-state index in [1.54, 1.807) is 12.3 Å². The van der Waals surface area contributed by atoms with Gasteiger partial charge in [0.1, 0.15) is 5.82 Å². The fraction of sp³-hybridized carbons (Fsp3) is 0. The van der Waals surface area contributed by atoms with E-state index in [9.17, 15) is 8.78 Å². The van der Waals surface area contributed by atoms with Crippen LogP contribution < -0.4 is 10.6 Å². The van der Waals surface area contributed by atoms with Gasteiger partial charge in [-0.2, -0.15) is 4.98 Å². The van der Waals surface area contributed by atoms with E-state index >= 15 is 0 Å². The van der Waals surface area contributed by atoms with E-state index in [0.29, 0.717) is 11.5 Å². The summed E-state index contributed by atoms with van der Waals surface area (Å²) in [5, 5.41) is 5.95. The summed E-state index contributed by atoms with van der Waals surface area (Å²) >= 11 is 0. The number of rotatable bonds is 4. The molecule has 0 saturated carbocycles. The normalized spacial score (nSPS) is 10.3. The van der Waals surface area contributed by atoms with Crippen molar-refractivity contribution < 1.29 is 8.78 Å². The molecule has 0 unspecified atom stereocenters. The van der Waals surface area contributed by atoms with Crippen molar-refractivity contribution in [3.63, 3.8) is 0 Å². The van der Waals surface area contributed by atoms with E-state index in [4.69, 9.17) is 0 Å². The van der Waals surface area contributed by atoms with Crippen LogP contribution in [0.25, 0.3) is 0 Å². The van der Waals surface area contributed by atoms with Crippen molar-refractivity contribution in [2.75, 3.05) is 10.6 Å². The third-order valence-corrected chi connectivity index (χ3v) is 2.88. The monoisotopic (exact) mass is 298 g/mol. The number of anilines is 4. The zero-order chi connectivity index (χ0) is 15.4. The van der Waals surface area contributed by atoms with Crippen LogP contribution in [0.5, 0.6) is 0 Å². The van der Waals surface area contributed by atoms with Crippen LogP contribution in [0.15, 0.2) is 60.8 Å². The van der Waals surface area contributed by atoms with E-state index in [1.807, 2.05) is 30.3 Å². The molecule has 1 heterocycles. The van der Waals surface area contributed by atoms with Gasteiger partial charge >= 0.3 is 0 Å². The fourth-order valence-corrected chi connectivity index (χ4v) is 1.86. The smallest absolute Gasteiger partial charge is 0.229 e. The highest BCUT2D eigenvalue weighted by Gasteiger charge is 2.05. The van der Waals surface area contributed by atoms with Gasteiger partial charge in [-0.25, -0.2) is 13.8 Å². The molecule has 0 aliphatic rings. The first-order valence-electron chi connectivity index (χ1n) is 6.58. The molecule has 0 amide bonds. The Morgan fingerprint density at radius 3 is 2.36 bits per heavy atom. The molecule has 0 fully saturated rings. The number of nitrogens with zero attached hydrogens (tertiary/aromatic N) is 2. The van der Waals surface area contributed by atoms with E-state index in [1.165, 1.54) is 6.07 Å². The third-order valence-electron chi connectivity index (χ3n) is 2.88. The summed E-state index contributed by atoms with van der Waals surface area (Å²) in [6.07, 6.45) is 1.57. The lowest BCUT2D eigenvalue weighted by Gasteiger charge is -2.08. The van der Waals surface area contributed by atoms with Crippen LogP contribution in [0, 0.1) is 11.6 Å². The van der Waals surface area contributed by atoms with Crippen molar-refractivity contribution in [3.8, 4) is 0 Å². The summed E-state index contributed by atoms with van der Waals surface area (Å²) in [4.78, 5) is 8.32. The standard InChI is InChI=1S/C16H12F2N4/c17-13-7-6-12(10-14(13)18)21-16-19-9-8-15(22-16)20-11-4-2-1-3-5-11/h1-10H,(H2,19,20,21,22). The summed E-state index contributed by atoms with van der Waals surface area (Å²) in [6.45, 7) is 0. The molecule has 0 aliphatic heterocycles. The van der Waals surface area contributed by atoms with Crippen molar-refractivity contribution >= 4 is 23.1 Å². The first-order valence-corrected chi connectivity index (χ1v) is 6.58. The summed E-state index contributed by atoms with van der Waals surface area (Å²) in [6, 6.07) is 14.8. The van der Waals surface area contributed by atoms with Crippen LogP contribution in [0.4, 0.5) is 31.9 Å². The molecule has 4 nitrogen and oxygen atoms in total. The number of benzene rings is 2. The van der Waals surface area contributed by atoms with Crippen molar-refractivity contribution in [2.45, 2.75) is 0 Å². The summed E-state index contributed by atoms with van der Waals surface area (Å²) in [7, 11) is 0. The average Bonchev–Trinajstić information content (AvgIpc) is 2.52. The quantitative estimate of drug-likeness (QED) is 0.756. The van der Waals surface area contributed by atoms with Gasteiger partial charge in [0.25, 0.3) is 0 Å². The second-order valence-corrected chi connectivity index (χ2v) is 4.51. The van der Waals surface area contributed by atoms with Crippen molar-refractivity contribution in [1.82, 2.24) is 9.97 Å². The second-order valence-electron chi connectivity index (χ2n) is 4.51. The van der Waals surface area contributed by atoms with E-state index in [2.05, 4.69) is 20.6 Å². The second kappa shape index (κ2) is 6.17. The minimum atomic E-state index is -0.927. The lowest BCUT2D eigenvalue weighted by molar-refractivity contribution is 0.509. The molecule has 6 heteroatoms. The van der Waals surface area contributed by atoms with Gasteiger partial charge in [-0.05, 0) is 30.3 Å². The minimum Gasteiger partial charge on any atom is -0.340 e. The van der Waals surface area contributed by atoms with Crippen molar-refractivity contribution in [3.05, 3.63) is 72.4 Å². The van der Waals surface area contributed by atoms with Gasteiger partial charge in [0.15, 0.2) is 11.6 Å². The number of nitrogens with one attached hydrogen (secondary N) is 2. The SMILES string of the molecule is Fc1ccc(Nc2nccc(Nc3ccccc3)n2)cc1F. The largest absolute Gasteiger partial charge is 0.340 e. The third kappa shape index (κ3) is 3.35. The molecule has 3 rings (SSSR count). The Balaban J connectivity index is 1.77. The molecule has 0 spiro atoms. The Labute approximate surface area is 125 Å². The van der Waals surface area contributed by atoms with Crippen LogP contribution in [-0.2, 0) is 0 Å². The van der Waals surface area contributed by atoms with Gasteiger partial charge in [-0.3, -0.25) is 0 Å². The molecule has 110 valence electrons. The highest BCUT2D eigenvalue weighted by atomic mass is 19.2. The molecule has 0 atom stereocenters. The zero-order valence-electron chi connectivity index (χ0n) is 11.4. The van der Waals surface area contributed by atoms with E-state index in [-0.39, 0.29) is 5.95 Å². The molecule has 3 aromatic rings. The molecule has 0 bridgehead atoms. The maximum absolute atomic E-state index is 13.2. The first-order chi connectivity index (χ1) is 10.7. The molecule has 1 aromatic heterocycles. The Hall–Kier alpha value is -3.02. The van der Waals surface area contributed by atoms with Crippen LogP contribution in [0.2, 0.25) is 0 Å². The molecular weight excluding hydrogens is 286 g/mol. The lowest BCUT2D eigenvalue weighted by Crippen LogP contribution is -2.00. The molecule has 22 heavy (non-hydrogen) atoms. The Morgan fingerprint density at radius 1 is 0.773 bits per heavy atom. The minimum absolute atomic E-state index is 0.284. The number of hydrogen-bond donors (Lipinski definition) is 2. The summed E-state index contributed by atoms with van der Waals surface area (Å²) < 4.78 is 26.1. The van der Waals surface area contributed by atoms with Gasteiger partial charge in [-0.15, -0.1) is 0 Å². The van der Waals surface area contributed by atoms with E-state index in [0.717, 1.165) is 17.8 Å². The lowest BCUT2D eigenvalue weighted by atomic mass is 10.3. The van der Waals surface area contributed by atoms with Crippen molar-refractivity contribution in [2.24, 2.45) is 0 Å². The van der Waals surface area contributed by atoms with Gasteiger partial charge in [-0.1, -0.05) is 18.2 Å². The molecule has 0 aliphatic carbocycles. The van der Waals surface area contributed by atoms with Gasteiger partial charge in [0.2, 0.25) is 5.95 Å². The predicted molar refractivity (Wildman–Crippen MR) is 81.4 cm³/mol. The molecule has 2 aromatic carbocycles. The van der Waals surface area contributed by atoms with Gasteiger partial charge in [0, 0.05) is 23.6 Å². The Bertz CT molecular complexity index is 778. The number of halogens is 2. The van der Waals surface area contributed by atoms with E-state index < -0.39 is 11.6 Å². The average molecular weight is 298 g/mol. The van der Waals surface area contributed by atoms with Crippen LogP contribution >= 0.6 is 0 Å². The van der Waals surface area contributed by atoms with Gasteiger partial charge in [0.05, 0.1) is 0 Å². The van der Waals surface area contributed by atoms with Gasteiger partial charge < -0.3 is 10.6 Å². The molecule has 2 N–H and O–H groups in total. The fourth-order valence-electron chi connectivity index (χ4n) is 1.86. The Morgan fingerprint density at radius 2 is 1.59 bits per heavy atom. The zero-order valence-corrected chi connectivity index (χ0v) is 11.4. The van der Waals surface area contributed by atoms with Crippen LogP contribution in [-0.4, -0.2) is 9.97 Å². The molecular formula is C16H12F2N4. The molecule has 0 radical (unpaired) electrons. The number of hydrogen-bond acceptors (Lipinski definition) is 4. The topological polar surface area (TPSA) is 49.8 Å². The maximum Gasteiger partial charge on any atom is 0.229 e. The highest BCUT2D eigenvalue weighted by molar-refractivity contribution is 5.59. The number of para-hydroxylation sites is 1.